The summed E-state index contributed by atoms with van der Waals surface area (Å²) in [6, 6.07) is 56.0. The molecule has 0 bridgehead atoms. The third kappa shape index (κ3) is 4.47. The Balaban J connectivity index is 1.53. The standard InChI is InChI=1S/C41H26N4/c42-27-34-39(29-17-6-2-7-18-29)43-41(44-40(34)30-19-8-3-9-20-30)38-31(28-15-4-1-5-16-28)23-14-26-37(38)45-35-24-12-10-21-32(35)33-22-11-13-25-36(33)45/h1-26H. The normalized spacial score (nSPS) is 11.1. The monoisotopic (exact) mass is 574 g/mol. The van der Waals surface area contributed by atoms with Gasteiger partial charge in [-0.3, -0.25) is 0 Å². The fraction of sp³-hybridized carbons (Fsp3) is 0. The number of nitrogens with zero attached hydrogens (tertiary/aromatic N) is 4. The largest absolute Gasteiger partial charge is 0.308 e. The molecule has 8 rings (SSSR count). The highest BCUT2D eigenvalue weighted by Crippen LogP contribution is 2.41. The number of nitriles is 1. The zero-order chi connectivity index (χ0) is 30.2. The smallest absolute Gasteiger partial charge is 0.163 e. The molecule has 8 aromatic rings. The van der Waals surface area contributed by atoms with E-state index >= 15 is 0 Å². The molecule has 0 aliphatic heterocycles. The highest BCUT2D eigenvalue weighted by atomic mass is 15.0. The topological polar surface area (TPSA) is 54.5 Å². The molecule has 0 saturated carbocycles. The molecule has 2 aromatic heterocycles. The zero-order valence-corrected chi connectivity index (χ0v) is 24.3. The van der Waals surface area contributed by atoms with Crippen molar-refractivity contribution >= 4 is 21.8 Å². The van der Waals surface area contributed by atoms with Gasteiger partial charge in [0.2, 0.25) is 0 Å². The second-order valence-corrected chi connectivity index (χ2v) is 10.9. The predicted molar refractivity (Wildman–Crippen MR) is 183 cm³/mol. The third-order valence-electron chi connectivity index (χ3n) is 8.29. The van der Waals surface area contributed by atoms with Gasteiger partial charge in [0.05, 0.1) is 33.7 Å². The highest BCUT2D eigenvalue weighted by molar-refractivity contribution is 6.10. The van der Waals surface area contributed by atoms with Crippen molar-refractivity contribution < 1.29 is 0 Å². The summed E-state index contributed by atoms with van der Waals surface area (Å²) in [6.07, 6.45) is 0. The lowest BCUT2D eigenvalue weighted by molar-refractivity contribution is 1.13. The fourth-order valence-corrected chi connectivity index (χ4v) is 6.29. The first-order valence-corrected chi connectivity index (χ1v) is 14.9. The maximum Gasteiger partial charge on any atom is 0.163 e. The van der Waals surface area contributed by atoms with Crippen LogP contribution in [0.15, 0.2) is 158 Å². The molecule has 0 N–H and O–H groups in total. The minimum atomic E-state index is 0.451. The van der Waals surface area contributed by atoms with Crippen LogP contribution in [-0.2, 0) is 0 Å². The van der Waals surface area contributed by atoms with E-state index in [0.29, 0.717) is 22.8 Å². The van der Waals surface area contributed by atoms with Gasteiger partial charge < -0.3 is 4.57 Å². The van der Waals surface area contributed by atoms with E-state index < -0.39 is 0 Å². The molecule has 0 unspecified atom stereocenters. The van der Waals surface area contributed by atoms with E-state index in [-0.39, 0.29) is 0 Å². The van der Waals surface area contributed by atoms with Gasteiger partial charge in [-0.05, 0) is 29.3 Å². The maximum atomic E-state index is 10.5. The van der Waals surface area contributed by atoms with Gasteiger partial charge in [0.15, 0.2) is 5.82 Å². The maximum absolute atomic E-state index is 10.5. The van der Waals surface area contributed by atoms with Gasteiger partial charge in [-0.2, -0.15) is 5.26 Å². The second-order valence-electron chi connectivity index (χ2n) is 10.9. The van der Waals surface area contributed by atoms with Crippen LogP contribution in [0, 0.1) is 11.3 Å². The van der Waals surface area contributed by atoms with Crippen molar-refractivity contribution in [3.63, 3.8) is 0 Å². The van der Waals surface area contributed by atoms with Crippen molar-refractivity contribution in [1.29, 1.82) is 5.26 Å². The molecule has 2 heterocycles. The molecular formula is C41H26N4. The summed E-state index contributed by atoms with van der Waals surface area (Å²) >= 11 is 0. The van der Waals surface area contributed by atoms with Crippen LogP contribution in [0.1, 0.15) is 5.56 Å². The summed E-state index contributed by atoms with van der Waals surface area (Å²) < 4.78 is 2.32. The Morgan fingerprint density at radius 2 is 0.933 bits per heavy atom. The molecular weight excluding hydrogens is 548 g/mol. The molecule has 6 aromatic carbocycles. The van der Waals surface area contributed by atoms with E-state index in [4.69, 9.17) is 9.97 Å². The van der Waals surface area contributed by atoms with Gasteiger partial charge in [0.25, 0.3) is 0 Å². The van der Waals surface area contributed by atoms with Crippen molar-refractivity contribution in [2.75, 3.05) is 0 Å². The van der Waals surface area contributed by atoms with Crippen molar-refractivity contribution in [2.24, 2.45) is 0 Å². The van der Waals surface area contributed by atoms with Crippen molar-refractivity contribution in [3.8, 4) is 56.8 Å². The summed E-state index contributed by atoms with van der Waals surface area (Å²) in [5, 5.41) is 12.9. The Kier molecular flexibility index (Phi) is 6.48. The van der Waals surface area contributed by atoms with Crippen LogP contribution in [-0.4, -0.2) is 14.5 Å². The molecule has 0 atom stereocenters. The Bertz CT molecular complexity index is 2250. The first-order valence-electron chi connectivity index (χ1n) is 14.9. The van der Waals surface area contributed by atoms with Crippen LogP contribution in [0.5, 0.6) is 0 Å². The minimum Gasteiger partial charge on any atom is -0.308 e. The van der Waals surface area contributed by atoms with Gasteiger partial charge in [-0.1, -0.05) is 140 Å². The number of aromatic nitrogens is 3. The molecule has 4 nitrogen and oxygen atoms in total. The quantitative estimate of drug-likeness (QED) is 0.205. The van der Waals surface area contributed by atoms with Crippen LogP contribution in [0.3, 0.4) is 0 Å². The molecule has 0 amide bonds. The van der Waals surface area contributed by atoms with Crippen LogP contribution in [0.4, 0.5) is 0 Å². The number of para-hydroxylation sites is 2. The first kappa shape index (κ1) is 26.3. The number of rotatable bonds is 5. The van der Waals surface area contributed by atoms with E-state index in [1.807, 2.05) is 66.7 Å². The summed E-state index contributed by atoms with van der Waals surface area (Å²) in [5.74, 6) is 0.558. The molecule has 0 saturated heterocycles. The van der Waals surface area contributed by atoms with E-state index in [0.717, 1.165) is 44.5 Å². The van der Waals surface area contributed by atoms with Crippen molar-refractivity contribution in [3.05, 3.63) is 163 Å². The molecule has 0 aliphatic carbocycles. The molecule has 45 heavy (non-hydrogen) atoms. The Labute approximate surface area is 261 Å². The number of fused-ring (bicyclic) bond motifs is 3. The zero-order valence-electron chi connectivity index (χ0n) is 24.3. The van der Waals surface area contributed by atoms with E-state index in [2.05, 4.69) is 102 Å². The summed E-state index contributed by atoms with van der Waals surface area (Å²) in [7, 11) is 0. The average molecular weight is 575 g/mol. The predicted octanol–water partition coefficient (Wildman–Crippen LogP) is 10.1. The van der Waals surface area contributed by atoms with Crippen LogP contribution < -0.4 is 0 Å². The summed E-state index contributed by atoms with van der Waals surface area (Å²) in [4.78, 5) is 10.5. The third-order valence-corrected chi connectivity index (χ3v) is 8.29. The number of benzene rings is 6. The van der Waals surface area contributed by atoms with Crippen LogP contribution >= 0.6 is 0 Å². The lowest BCUT2D eigenvalue weighted by atomic mass is 9.95. The lowest BCUT2D eigenvalue weighted by Crippen LogP contribution is -2.05. The number of hydrogen-bond acceptors (Lipinski definition) is 3. The van der Waals surface area contributed by atoms with Gasteiger partial charge in [-0.25, -0.2) is 9.97 Å². The lowest BCUT2D eigenvalue weighted by Gasteiger charge is -2.19. The Morgan fingerprint density at radius 1 is 0.467 bits per heavy atom. The van der Waals surface area contributed by atoms with Gasteiger partial charge >= 0.3 is 0 Å². The molecule has 0 spiro atoms. The molecule has 0 radical (unpaired) electrons. The summed E-state index contributed by atoms with van der Waals surface area (Å²) in [6.45, 7) is 0. The minimum absolute atomic E-state index is 0.451. The number of hydrogen-bond donors (Lipinski definition) is 0. The molecule has 0 aliphatic rings. The van der Waals surface area contributed by atoms with Crippen molar-refractivity contribution in [2.45, 2.75) is 0 Å². The van der Waals surface area contributed by atoms with Gasteiger partial charge in [-0.15, -0.1) is 0 Å². The SMILES string of the molecule is N#Cc1c(-c2ccccc2)nc(-c2c(-c3ccccc3)cccc2-n2c3ccccc3c3ccccc32)nc1-c1ccccc1. The van der Waals surface area contributed by atoms with Crippen LogP contribution in [0.2, 0.25) is 0 Å². The van der Waals surface area contributed by atoms with Crippen LogP contribution in [0.25, 0.3) is 72.5 Å². The summed E-state index contributed by atoms with van der Waals surface area (Å²) in [5.41, 5.74) is 9.54. The van der Waals surface area contributed by atoms with E-state index in [1.165, 1.54) is 10.8 Å². The molecule has 0 fully saturated rings. The average Bonchev–Trinajstić information content (AvgIpc) is 3.46. The highest BCUT2D eigenvalue weighted by Gasteiger charge is 2.24. The van der Waals surface area contributed by atoms with Gasteiger partial charge in [0.1, 0.15) is 11.6 Å². The molecule has 210 valence electrons. The first-order chi connectivity index (χ1) is 22.3. The van der Waals surface area contributed by atoms with E-state index in [1.54, 1.807) is 0 Å². The van der Waals surface area contributed by atoms with Gasteiger partial charge in [0, 0.05) is 21.9 Å². The molecule has 4 heteroatoms. The van der Waals surface area contributed by atoms with Crippen molar-refractivity contribution in [1.82, 2.24) is 14.5 Å². The second kappa shape index (κ2) is 11.1. The van der Waals surface area contributed by atoms with E-state index in [9.17, 15) is 5.26 Å². The fourth-order valence-electron chi connectivity index (χ4n) is 6.29. The Hall–Kier alpha value is -6.31. The Morgan fingerprint density at radius 3 is 1.44 bits per heavy atom.